The number of piperazine rings is 1. The number of carbonyl (C=O) groups excluding carboxylic acids is 1. The van der Waals surface area contributed by atoms with Crippen LogP contribution < -0.4 is 5.32 Å². The average molecular weight is 277 g/mol. The molecule has 0 aliphatic carbocycles. The highest BCUT2D eigenvalue weighted by Crippen LogP contribution is 2.18. The third kappa shape index (κ3) is 4.41. The summed E-state index contributed by atoms with van der Waals surface area (Å²) in [7, 11) is 0. The zero-order valence-electron chi connectivity index (χ0n) is 11.2. The second-order valence-electron chi connectivity index (χ2n) is 5.17. The standard InChI is InChI=1S/C13H24N2O2.ClH/c1-11-10-14-7-8-15(11)13(16)6-5-12-4-2-3-9-17-12;/h11-12,14H,2-10H2,1H3;1H/t11-,12?;/m0./s1. The Balaban J connectivity index is 0.00000162. The number of rotatable bonds is 3. The van der Waals surface area contributed by atoms with Crippen molar-refractivity contribution in [2.45, 2.75) is 51.2 Å². The van der Waals surface area contributed by atoms with Crippen molar-refractivity contribution >= 4 is 18.3 Å². The smallest absolute Gasteiger partial charge is 0.222 e. The van der Waals surface area contributed by atoms with Crippen molar-refractivity contribution in [3.05, 3.63) is 0 Å². The van der Waals surface area contributed by atoms with Crippen LogP contribution in [0.15, 0.2) is 0 Å². The summed E-state index contributed by atoms with van der Waals surface area (Å²) in [5.74, 6) is 0.299. The highest BCUT2D eigenvalue weighted by atomic mass is 35.5. The van der Waals surface area contributed by atoms with Crippen molar-refractivity contribution in [2.24, 2.45) is 0 Å². The Hall–Kier alpha value is -0.320. The summed E-state index contributed by atoms with van der Waals surface area (Å²) in [5.41, 5.74) is 0. The molecule has 0 aromatic carbocycles. The van der Waals surface area contributed by atoms with Crippen LogP contribution in [0.4, 0.5) is 0 Å². The predicted octanol–water partition coefficient (Wildman–Crippen LogP) is 1.58. The molecule has 4 nitrogen and oxygen atoms in total. The van der Waals surface area contributed by atoms with Crippen molar-refractivity contribution < 1.29 is 9.53 Å². The minimum Gasteiger partial charge on any atom is -0.378 e. The van der Waals surface area contributed by atoms with Crippen LogP contribution in [0.25, 0.3) is 0 Å². The second-order valence-corrected chi connectivity index (χ2v) is 5.17. The van der Waals surface area contributed by atoms with E-state index in [0.29, 0.717) is 24.5 Å². The summed E-state index contributed by atoms with van der Waals surface area (Å²) in [6.07, 6.45) is 5.43. The van der Waals surface area contributed by atoms with Crippen LogP contribution in [-0.2, 0) is 9.53 Å². The van der Waals surface area contributed by atoms with Crippen LogP contribution in [0.5, 0.6) is 0 Å². The third-order valence-electron chi connectivity index (χ3n) is 3.78. The second kappa shape index (κ2) is 7.97. The third-order valence-corrected chi connectivity index (χ3v) is 3.78. The topological polar surface area (TPSA) is 41.6 Å². The van der Waals surface area contributed by atoms with Gasteiger partial charge in [-0.1, -0.05) is 0 Å². The van der Waals surface area contributed by atoms with E-state index in [-0.39, 0.29) is 12.4 Å². The molecule has 2 heterocycles. The normalized spacial score (nSPS) is 28.6. The number of carbonyl (C=O) groups is 1. The highest BCUT2D eigenvalue weighted by molar-refractivity contribution is 5.85. The van der Waals surface area contributed by atoms with Gasteiger partial charge in [-0.05, 0) is 32.6 Å². The van der Waals surface area contributed by atoms with Crippen LogP contribution in [-0.4, -0.2) is 49.2 Å². The van der Waals surface area contributed by atoms with Gasteiger partial charge in [0.1, 0.15) is 0 Å². The van der Waals surface area contributed by atoms with Gasteiger partial charge in [0.05, 0.1) is 6.10 Å². The van der Waals surface area contributed by atoms with Crippen molar-refractivity contribution in [2.75, 3.05) is 26.2 Å². The molecule has 18 heavy (non-hydrogen) atoms. The van der Waals surface area contributed by atoms with E-state index in [1.807, 2.05) is 4.90 Å². The molecule has 2 fully saturated rings. The molecule has 2 aliphatic rings. The molecule has 0 radical (unpaired) electrons. The van der Waals surface area contributed by atoms with Gasteiger partial charge in [0.2, 0.25) is 5.91 Å². The lowest BCUT2D eigenvalue weighted by Gasteiger charge is -2.34. The van der Waals surface area contributed by atoms with E-state index < -0.39 is 0 Å². The molecule has 0 aromatic heterocycles. The first-order chi connectivity index (χ1) is 8.27. The SMILES string of the molecule is C[C@H]1CNCCN1C(=O)CCC1CCCCO1.Cl. The van der Waals surface area contributed by atoms with E-state index >= 15 is 0 Å². The van der Waals surface area contributed by atoms with E-state index in [4.69, 9.17) is 4.74 Å². The maximum atomic E-state index is 12.1. The molecule has 0 bridgehead atoms. The molecular weight excluding hydrogens is 252 g/mol. The van der Waals surface area contributed by atoms with Gasteiger partial charge < -0.3 is 15.0 Å². The minimum atomic E-state index is 0. The number of hydrogen-bond donors (Lipinski definition) is 1. The molecular formula is C13H25ClN2O2. The fourth-order valence-electron chi connectivity index (χ4n) is 2.67. The van der Waals surface area contributed by atoms with Crippen molar-refractivity contribution in [1.29, 1.82) is 0 Å². The lowest BCUT2D eigenvalue weighted by molar-refractivity contribution is -0.135. The lowest BCUT2D eigenvalue weighted by Crippen LogP contribution is -2.52. The Morgan fingerprint density at radius 1 is 1.44 bits per heavy atom. The zero-order chi connectivity index (χ0) is 12.1. The summed E-state index contributed by atoms with van der Waals surface area (Å²) >= 11 is 0. The Morgan fingerprint density at radius 2 is 2.28 bits per heavy atom. The van der Waals surface area contributed by atoms with Crippen LogP contribution in [0.1, 0.15) is 39.0 Å². The maximum absolute atomic E-state index is 12.1. The van der Waals surface area contributed by atoms with Gasteiger partial charge in [-0.2, -0.15) is 0 Å². The maximum Gasteiger partial charge on any atom is 0.222 e. The molecule has 1 amide bonds. The lowest BCUT2D eigenvalue weighted by atomic mass is 10.0. The van der Waals surface area contributed by atoms with Gasteiger partial charge >= 0.3 is 0 Å². The molecule has 5 heteroatoms. The summed E-state index contributed by atoms with van der Waals surface area (Å²) in [6, 6.07) is 0.337. The largest absolute Gasteiger partial charge is 0.378 e. The summed E-state index contributed by atoms with van der Waals surface area (Å²) in [4.78, 5) is 14.1. The first-order valence-electron chi connectivity index (χ1n) is 6.89. The van der Waals surface area contributed by atoms with Gasteiger partial charge in [0.15, 0.2) is 0 Å². The fourth-order valence-corrected chi connectivity index (χ4v) is 2.67. The van der Waals surface area contributed by atoms with Crippen LogP contribution in [0, 0.1) is 0 Å². The first kappa shape index (κ1) is 15.7. The molecule has 0 aromatic rings. The van der Waals surface area contributed by atoms with E-state index in [2.05, 4.69) is 12.2 Å². The van der Waals surface area contributed by atoms with Gasteiger partial charge in [-0.3, -0.25) is 4.79 Å². The van der Waals surface area contributed by atoms with Crippen LogP contribution in [0.3, 0.4) is 0 Å². The summed E-state index contributed by atoms with van der Waals surface area (Å²) < 4.78 is 5.66. The molecule has 2 atom stereocenters. The first-order valence-corrected chi connectivity index (χ1v) is 6.89. The molecule has 1 N–H and O–H groups in total. The van der Waals surface area contributed by atoms with Gasteiger partial charge in [0, 0.05) is 38.7 Å². The molecule has 1 unspecified atom stereocenters. The van der Waals surface area contributed by atoms with Crippen molar-refractivity contribution in [3.8, 4) is 0 Å². The fraction of sp³-hybridized carbons (Fsp3) is 0.923. The monoisotopic (exact) mass is 276 g/mol. The Bertz CT molecular complexity index is 257. The van der Waals surface area contributed by atoms with E-state index in [0.717, 1.165) is 39.1 Å². The highest BCUT2D eigenvalue weighted by Gasteiger charge is 2.24. The number of amides is 1. The van der Waals surface area contributed by atoms with Gasteiger partial charge in [0.25, 0.3) is 0 Å². The number of nitrogens with one attached hydrogen (secondary N) is 1. The Morgan fingerprint density at radius 3 is 2.94 bits per heavy atom. The number of ether oxygens (including phenoxy) is 1. The van der Waals surface area contributed by atoms with Gasteiger partial charge in [-0.25, -0.2) is 0 Å². The number of nitrogens with zero attached hydrogens (tertiary/aromatic N) is 1. The quantitative estimate of drug-likeness (QED) is 0.851. The van der Waals surface area contributed by atoms with Crippen LogP contribution >= 0.6 is 12.4 Å². The van der Waals surface area contributed by atoms with E-state index in [9.17, 15) is 4.79 Å². The van der Waals surface area contributed by atoms with E-state index in [1.54, 1.807) is 0 Å². The Labute approximate surface area is 116 Å². The van der Waals surface area contributed by atoms with Crippen molar-refractivity contribution in [1.82, 2.24) is 10.2 Å². The molecule has 2 rings (SSSR count). The van der Waals surface area contributed by atoms with Crippen molar-refractivity contribution in [3.63, 3.8) is 0 Å². The van der Waals surface area contributed by atoms with Gasteiger partial charge in [-0.15, -0.1) is 12.4 Å². The average Bonchev–Trinajstić information content (AvgIpc) is 2.38. The molecule has 2 saturated heterocycles. The van der Waals surface area contributed by atoms with E-state index in [1.165, 1.54) is 12.8 Å². The van der Waals surface area contributed by atoms with Crippen LogP contribution in [0.2, 0.25) is 0 Å². The molecule has 2 aliphatic heterocycles. The summed E-state index contributed by atoms with van der Waals surface area (Å²) in [6.45, 7) is 5.69. The molecule has 106 valence electrons. The molecule has 0 saturated carbocycles. The molecule has 0 spiro atoms. The Kier molecular flexibility index (Phi) is 6.97. The number of halogens is 1. The minimum absolute atomic E-state index is 0. The zero-order valence-corrected chi connectivity index (χ0v) is 12.0. The predicted molar refractivity (Wildman–Crippen MR) is 74.1 cm³/mol. The number of hydrogen-bond acceptors (Lipinski definition) is 3. The summed E-state index contributed by atoms with van der Waals surface area (Å²) in [5, 5.41) is 3.31.